The molecule has 0 saturated heterocycles. The third-order valence-corrected chi connectivity index (χ3v) is 2.29. The maximum atomic E-state index is 5.26. The lowest BCUT2D eigenvalue weighted by Crippen LogP contribution is -2.09. The number of methoxy groups -OCH3 is 2. The largest absolute Gasteiger partial charge is 0.504 e. The second kappa shape index (κ2) is 3.13. The molecule has 0 radical (unpaired) electrons. The first kappa shape index (κ1) is 8.17. The van der Waals surface area contributed by atoms with Crippen LogP contribution in [0.5, 0.6) is 5.75 Å². The Labute approximate surface area is 77.8 Å². The molecule has 2 heteroatoms. The van der Waals surface area contributed by atoms with Crippen LogP contribution in [0.25, 0.3) is 5.57 Å². The van der Waals surface area contributed by atoms with E-state index in [0.29, 0.717) is 0 Å². The summed E-state index contributed by atoms with van der Waals surface area (Å²) in [6.45, 7) is 0. The molecule has 1 aromatic rings. The van der Waals surface area contributed by atoms with Crippen molar-refractivity contribution in [3.63, 3.8) is 0 Å². The van der Waals surface area contributed by atoms with Gasteiger partial charge in [-0.3, -0.25) is 0 Å². The summed E-state index contributed by atoms with van der Waals surface area (Å²) in [5, 5.41) is 0. The van der Waals surface area contributed by atoms with Crippen LogP contribution in [0, 0.1) is 0 Å². The highest BCUT2D eigenvalue weighted by molar-refractivity contribution is 5.82. The average Bonchev–Trinajstić information content (AvgIpc) is 2.13. The standard InChI is InChI=1S/C11H12O2/c1-12-7-9-6-8-4-3-5-10(13-2)11(8)9/h3-5,7H,6H2,1-2H3. The fourth-order valence-corrected chi connectivity index (χ4v) is 1.69. The van der Waals surface area contributed by atoms with Gasteiger partial charge in [0.25, 0.3) is 0 Å². The molecule has 0 bridgehead atoms. The lowest BCUT2D eigenvalue weighted by atomic mass is 9.83. The van der Waals surface area contributed by atoms with Gasteiger partial charge in [-0.15, -0.1) is 0 Å². The number of hydrogen-bond donors (Lipinski definition) is 0. The molecule has 1 aromatic carbocycles. The summed E-state index contributed by atoms with van der Waals surface area (Å²) in [6.07, 6.45) is 2.77. The van der Waals surface area contributed by atoms with Crippen molar-refractivity contribution in [3.8, 4) is 5.75 Å². The maximum absolute atomic E-state index is 5.26. The Bertz CT molecular complexity index is 353. The van der Waals surface area contributed by atoms with Gasteiger partial charge in [0.1, 0.15) is 5.75 Å². The summed E-state index contributed by atoms with van der Waals surface area (Å²) >= 11 is 0. The van der Waals surface area contributed by atoms with Crippen LogP contribution in [0.1, 0.15) is 11.1 Å². The van der Waals surface area contributed by atoms with Crippen molar-refractivity contribution < 1.29 is 9.47 Å². The van der Waals surface area contributed by atoms with E-state index in [1.165, 1.54) is 16.7 Å². The Hall–Kier alpha value is -1.44. The van der Waals surface area contributed by atoms with Crippen molar-refractivity contribution in [1.82, 2.24) is 0 Å². The monoisotopic (exact) mass is 176 g/mol. The zero-order valence-electron chi connectivity index (χ0n) is 7.83. The molecule has 2 rings (SSSR count). The Morgan fingerprint density at radius 3 is 2.85 bits per heavy atom. The quantitative estimate of drug-likeness (QED) is 0.643. The van der Waals surface area contributed by atoms with E-state index in [9.17, 15) is 0 Å². The van der Waals surface area contributed by atoms with E-state index in [-0.39, 0.29) is 0 Å². The van der Waals surface area contributed by atoms with Gasteiger partial charge in [-0.05, 0) is 11.6 Å². The molecular weight excluding hydrogens is 164 g/mol. The molecule has 68 valence electrons. The van der Waals surface area contributed by atoms with Crippen molar-refractivity contribution in [2.24, 2.45) is 0 Å². The van der Waals surface area contributed by atoms with Crippen molar-refractivity contribution in [1.29, 1.82) is 0 Å². The smallest absolute Gasteiger partial charge is 0.126 e. The number of rotatable bonds is 2. The molecule has 0 N–H and O–H groups in total. The van der Waals surface area contributed by atoms with Crippen LogP contribution in [0.4, 0.5) is 0 Å². The van der Waals surface area contributed by atoms with Gasteiger partial charge in [0.2, 0.25) is 0 Å². The van der Waals surface area contributed by atoms with E-state index < -0.39 is 0 Å². The third-order valence-electron chi connectivity index (χ3n) is 2.29. The van der Waals surface area contributed by atoms with Crippen LogP contribution in [-0.2, 0) is 11.2 Å². The highest BCUT2D eigenvalue weighted by atomic mass is 16.5. The van der Waals surface area contributed by atoms with Crippen molar-refractivity contribution >= 4 is 5.57 Å². The normalized spacial score (nSPS) is 16.3. The van der Waals surface area contributed by atoms with Gasteiger partial charge in [-0.1, -0.05) is 12.1 Å². The maximum Gasteiger partial charge on any atom is 0.126 e. The van der Waals surface area contributed by atoms with E-state index in [4.69, 9.17) is 9.47 Å². The second-order valence-corrected chi connectivity index (χ2v) is 3.05. The molecule has 0 spiro atoms. The average molecular weight is 176 g/mol. The molecule has 1 aliphatic rings. The molecule has 0 aromatic heterocycles. The van der Waals surface area contributed by atoms with Gasteiger partial charge in [-0.25, -0.2) is 0 Å². The molecule has 0 atom stereocenters. The summed E-state index contributed by atoms with van der Waals surface area (Å²) in [7, 11) is 3.36. The number of allylic oxidation sites excluding steroid dienone is 1. The lowest BCUT2D eigenvalue weighted by Gasteiger charge is -2.24. The summed E-state index contributed by atoms with van der Waals surface area (Å²) in [4.78, 5) is 0. The minimum Gasteiger partial charge on any atom is -0.504 e. The SMILES string of the molecule is COC=C1Cc2cccc(OC)c21. The fourth-order valence-electron chi connectivity index (χ4n) is 1.69. The van der Waals surface area contributed by atoms with Gasteiger partial charge in [0.05, 0.1) is 20.5 Å². The van der Waals surface area contributed by atoms with Crippen LogP contribution in [-0.4, -0.2) is 14.2 Å². The summed E-state index contributed by atoms with van der Waals surface area (Å²) < 4.78 is 10.2. The van der Waals surface area contributed by atoms with Crippen molar-refractivity contribution in [3.05, 3.63) is 35.6 Å². The van der Waals surface area contributed by atoms with E-state index in [0.717, 1.165) is 12.2 Å². The van der Waals surface area contributed by atoms with Crippen LogP contribution in [0.3, 0.4) is 0 Å². The highest BCUT2D eigenvalue weighted by Gasteiger charge is 2.23. The van der Waals surface area contributed by atoms with E-state index in [1.54, 1.807) is 20.5 Å². The number of ether oxygens (including phenoxy) is 2. The number of benzene rings is 1. The topological polar surface area (TPSA) is 18.5 Å². The molecule has 2 nitrogen and oxygen atoms in total. The highest BCUT2D eigenvalue weighted by Crippen LogP contribution is 2.40. The molecule has 0 aliphatic heterocycles. The first-order valence-corrected chi connectivity index (χ1v) is 4.25. The first-order valence-electron chi connectivity index (χ1n) is 4.25. The number of hydrogen-bond acceptors (Lipinski definition) is 2. The van der Waals surface area contributed by atoms with E-state index in [2.05, 4.69) is 6.07 Å². The molecule has 13 heavy (non-hydrogen) atoms. The minimum atomic E-state index is 0.937. The Morgan fingerprint density at radius 1 is 1.31 bits per heavy atom. The third kappa shape index (κ3) is 1.18. The van der Waals surface area contributed by atoms with E-state index >= 15 is 0 Å². The molecule has 0 fully saturated rings. The Morgan fingerprint density at radius 2 is 2.15 bits per heavy atom. The zero-order chi connectivity index (χ0) is 9.26. The van der Waals surface area contributed by atoms with Crippen LogP contribution in [0.15, 0.2) is 24.5 Å². The Kier molecular flexibility index (Phi) is 1.97. The predicted octanol–water partition coefficient (Wildman–Crippen LogP) is 2.24. The first-order chi connectivity index (χ1) is 6.36. The summed E-state index contributed by atoms with van der Waals surface area (Å²) in [5.41, 5.74) is 3.75. The van der Waals surface area contributed by atoms with Gasteiger partial charge in [0, 0.05) is 17.6 Å². The van der Waals surface area contributed by atoms with E-state index in [1.807, 2.05) is 12.1 Å². The summed E-state index contributed by atoms with van der Waals surface area (Å²) in [5.74, 6) is 0.937. The molecule has 1 aliphatic carbocycles. The molecule has 0 heterocycles. The van der Waals surface area contributed by atoms with Gasteiger partial charge < -0.3 is 9.47 Å². The number of fused-ring (bicyclic) bond motifs is 1. The van der Waals surface area contributed by atoms with Crippen molar-refractivity contribution in [2.45, 2.75) is 6.42 Å². The fraction of sp³-hybridized carbons (Fsp3) is 0.273. The van der Waals surface area contributed by atoms with Crippen LogP contribution in [0.2, 0.25) is 0 Å². The van der Waals surface area contributed by atoms with Gasteiger partial charge in [0.15, 0.2) is 0 Å². The molecule has 0 saturated carbocycles. The predicted molar refractivity (Wildman–Crippen MR) is 51.7 cm³/mol. The van der Waals surface area contributed by atoms with Crippen LogP contribution < -0.4 is 4.74 Å². The zero-order valence-corrected chi connectivity index (χ0v) is 7.83. The second-order valence-electron chi connectivity index (χ2n) is 3.05. The van der Waals surface area contributed by atoms with Gasteiger partial charge >= 0.3 is 0 Å². The summed E-state index contributed by atoms with van der Waals surface area (Å²) in [6, 6.07) is 6.10. The molecular formula is C11H12O2. The molecule has 0 unspecified atom stereocenters. The Balaban J connectivity index is 2.43. The van der Waals surface area contributed by atoms with Crippen molar-refractivity contribution in [2.75, 3.05) is 14.2 Å². The van der Waals surface area contributed by atoms with Crippen LogP contribution >= 0.6 is 0 Å². The minimum absolute atomic E-state index is 0.937. The molecule has 0 amide bonds. The van der Waals surface area contributed by atoms with Gasteiger partial charge in [-0.2, -0.15) is 0 Å². The lowest BCUT2D eigenvalue weighted by molar-refractivity contribution is 0.338.